The van der Waals surface area contributed by atoms with E-state index >= 15 is 0 Å². The zero-order chi connectivity index (χ0) is 15.9. The third kappa shape index (κ3) is 4.59. The lowest BCUT2D eigenvalue weighted by Crippen LogP contribution is -2.35. The maximum atomic E-state index is 11.7. The number of benzene rings is 1. The summed E-state index contributed by atoms with van der Waals surface area (Å²) in [6, 6.07) is 6.17. The van der Waals surface area contributed by atoms with Gasteiger partial charge in [-0.05, 0) is 12.1 Å². The minimum absolute atomic E-state index is 0.0384. The summed E-state index contributed by atoms with van der Waals surface area (Å²) in [5.41, 5.74) is 1.07. The number of nitrogens with one attached hydrogen (secondary N) is 2. The predicted molar refractivity (Wildman–Crippen MR) is 78.1 cm³/mol. The van der Waals surface area contributed by atoms with Gasteiger partial charge in [-0.2, -0.15) is 0 Å². The third-order valence-electron chi connectivity index (χ3n) is 3.08. The van der Waals surface area contributed by atoms with Crippen LogP contribution in [0.1, 0.15) is 19.3 Å². The molecular formula is C15H15N3O4. The molecule has 2 N–H and O–H groups in total. The number of hydrogen-bond acceptors (Lipinski definition) is 4. The maximum absolute atomic E-state index is 11.7. The Morgan fingerprint density at radius 3 is 2.50 bits per heavy atom. The Labute approximate surface area is 127 Å². The van der Waals surface area contributed by atoms with Crippen LogP contribution in [0, 0.1) is 6.57 Å². The molecule has 0 radical (unpaired) electrons. The van der Waals surface area contributed by atoms with Crippen molar-refractivity contribution in [2.45, 2.75) is 25.3 Å². The molecule has 7 nitrogen and oxygen atoms in total. The fraction of sp³-hybridized carbons (Fsp3) is 0.333. The summed E-state index contributed by atoms with van der Waals surface area (Å²) in [6.45, 7) is 7.02. The Morgan fingerprint density at radius 2 is 1.91 bits per heavy atom. The molecule has 1 unspecified atom stereocenters. The molecule has 1 saturated heterocycles. The lowest BCUT2D eigenvalue weighted by atomic mass is 10.2. The van der Waals surface area contributed by atoms with Crippen LogP contribution in [0.3, 0.4) is 0 Å². The SMILES string of the molecule is [C-]#[N+]c1ccc(NC(=O)CCC(=O)NC2COC(=O)C2)cc1. The number of nitrogens with zero attached hydrogens (tertiary/aromatic N) is 1. The second kappa shape index (κ2) is 7.22. The molecule has 1 fully saturated rings. The summed E-state index contributed by atoms with van der Waals surface area (Å²) in [6.07, 6.45) is 0.250. The Balaban J connectivity index is 1.71. The van der Waals surface area contributed by atoms with Crippen molar-refractivity contribution < 1.29 is 19.1 Å². The van der Waals surface area contributed by atoms with Crippen molar-refractivity contribution in [1.82, 2.24) is 5.32 Å². The molecule has 2 amide bonds. The van der Waals surface area contributed by atoms with E-state index in [9.17, 15) is 14.4 Å². The normalized spacial score (nSPS) is 16.5. The molecule has 1 aliphatic heterocycles. The molecule has 1 aromatic rings. The number of anilines is 1. The van der Waals surface area contributed by atoms with Gasteiger partial charge < -0.3 is 15.4 Å². The van der Waals surface area contributed by atoms with E-state index in [4.69, 9.17) is 11.3 Å². The van der Waals surface area contributed by atoms with Crippen molar-refractivity contribution >= 4 is 29.2 Å². The highest BCUT2D eigenvalue weighted by molar-refractivity contribution is 5.93. The van der Waals surface area contributed by atoms with Crippen molar-refractivity contribution in [2.24, 2.45) is 0 Å². The molecule has 0 aromatic heterocycles. The molecule has 1 aromatic carbocycles. The van der Waals surface area contributed by atoms with Gasteiger partial charge in [-0.15, -0.1) is 0 Å². The van der Waals surface area contributed by atoms with Gasteiger partial charge in [0.05, 0.1) is 19.0 Å². The number of carbonyl (C=O) groups excluding carboxylic acids is 3. The summed E-state index contributed by atoms with van der Waals surface area (Å²) in [4.78, 5) is 37.5. The molecule has 1 aliphatic rings. The van der Waals surface area contributed by atoms with Gasteiger partial charge in [0.2, 0.25) is 11.8 Å². The number of amides is 2. The van der Waals surface area contributed by atoms with Gasteiger partial charge in [-0.1, -0.05) is 12.1 Å². The number of esters is 1. The van der Waals surface area contributed by atoms with E-state index in [-0.39, 0.29) is 49.7 Å². The molecule has 2 rings (SSSR count). The number of rotatable bonds is 5. The van der Waals surface area contributed by atoms with E-state index < -0.39 is 0 Å². The molecule has 1 heterocycles. The van der Waals surface area contributed by atoms with Gasteiger partial charge >= 0.3 is 5.97 Å². The first kappa shape index (κ1) is 15.5. The molecule has 0 bridgehead atoms. The highest BCUT2D eigenvalue weighted by atomic mass is 16.5. The molecule has 0 aliphatic carbocycles. The third-order valence-corrected chi connectivity index (χ3v) is 3.08. The molecule has 114 valence electrons. The topological polar surface area (TPSA) is 88.9 Å². The zero-order valence-electron chi connectivity index (χ0n) is 11.8. The van der Waals surface area contributed by atoms with Crippen LogP contribution in [-0.4, -0.2) is 30.4 Å². The molecule has 1 atom stereocenters. The lowest BCUT2D eigenvalue weighted by molar-refractivity contribution is -0.138. The Hall–Kier alpha value is -2.88. The molecular weight excluding hydrogens is 286 g/mol. The zero-order valence-corrected chi connectivity index (χ0v) is 11.8. The van der Waals surface area contributed by atoms with Gasteiger partial charge in [0.1, 0.15) is 6.61 Å². The average molecular weight is 301 g/mol. The fourth-order valence-corrected chi connectivity index (χ4v) is 1.97. The number of hydrogen-bond donors (Lipinski definition) is 2. The Bertz CT molecular complexity index is 619. The second-order valence-electron chi connectivity index (χ2n) is 4.86. The van der Waals surface area contributed by atoms with Crippen LogP contribution in [0.15, 0.2) is 24.3 Å². The first-order valence-electron chi connectivity index (χ1n) is 6.79. The van der Waals surface area contributed by atoms with Crippen LogP contribution in [0.2, 0.25) is 0 Å². The highest BCUT2D eigenvalue weighted by Gasteiger charge is 2.24. The van der Waals surface area contributed by atoms with E-state index in [0.717, 1.165) is 0 Å². The van der Waals surface area contributed by atoms with Crippen molar-refractivity contribution in [2.75, 3.05) is 11.9 Å². The summed E-state index contributed by atoms with van der Waals surface area (Å²) in [5.74, 6) is -0.905. The quantitative estimate of drug-likeness (QED) is 0.635. The maximum Gasteiger partial charge on any atom is 0.308 e. The molecule has 22 heavy (non-hydrogen) atoms. The monoisotopic (exact) mass is 301 g/mol. The first-order chi connectivity index (χ1) is 10.6. The number of carbonyl (C=O) groups is 3. The summed E-state index contributed by atoms with van der Waals surface area (Å²) >= 11 is 0. The minimum Gasteiger partial charge on any atom is -0.463 e. The van der Waals surface area contributed by atoms with Crippen LogP contribution < -0.4 is 10.6 Å². The van der Waals surface area contributed by atoms with Crippen LogP contribution in [-0.2, 0) is 19.1 Å². The van der Waals surface area contributed by atoms with E-state index in [1.165, 1.54) is 0 Å². The first-order valence-corrected chi connectivity index (χ1v) is 6.79. The van der Waals surface area contributed by atoms with Gasteiger partial charge in [-0.25, -0.2) is 4.85 Å². The summed E-state index contributed by atoms with van der Waals surface area (Å²) < 4.78 is 4.74. The van der Waals surface area contributed by atoms with Crippen molar-refractivity contribution in [3.05, 3.63) is 35.7 Å². The van der Waals surface area contributed by atoms with Crippen molar-refractivity contribution in [3.8, 4) is 0 Å². The summed E-state index contributed by atoms with van der Waals surface area (Å²) in [5, 5.41) is 5.29. The molecule has 0 spiro atoms. The smallest absolute Gasteiger partial charge is 0.308 e. The van der Waals surface area contributed by atoms with Crippen LogP contribution in [0.4, 0.5) is 11.4 Å². The summed E-state index contributed by atoms with van der Waals surface area (Å²) in [7, 11) is 0. The van der Waals surface area contributed by atoms with Crippen molar-refractivity contribution in [3.63, 3.8) is 0 Å². The standard InChI is InChI=1S/C15H15N3O4/c1-16-10-2-4-11(5-3-10)17-13(19)6-7-14(20)18-12-8-15(21)22-9-12/h2-5,12H,6-9H2,(H,17,19)(H,18,20). The highest BCUT2D eigenvalue weighted by Crippen LogP contribution is 2.16. The van der Waals surface area contributed by atoms with Gasteiger partial charge in [0.25, 0.3) is 0 Å². The molecule has 0 saturated carbocycles. The number of cyclic esters (lactones) is 1. The lowest BCUT2D eigenvalue weighted by Gasteiger charge is -2.09. The Kier molecular flexibility index (Phi) is 5.09. The predicted octanol–water partition coefficient (Wildman–Crippen LogP) is 1.39. The van der Waals surface area contributed by atoms with E-state index in [2.05, 4.69) is 15.5 Å². The van der Waals surface area contributed by atoms with E-state index in [0.29, 0.717) is 11.4 Å². The number of ether oxygens (including phenoxy) is 1. The van der Waals surface area contributed by atoms with Crippen molar-refractivity contribution in [1.29, 1.82) is 0 Å². The molecule has 7 heteroatoms. The van der Waals surface area contributed by atoms with Crippen LogP contribution >= 0.6 is 0 Å². The largest absolute Gasteiger partial charge is 0.463 e. The van der Waals surface area contributed by atoms with Gasteiger partial charge in [0, 0.05) is 18.5 Å². The van der Waals surface area contributed by atoms with E-state index in [1.807, 2.05) is 0 Å². The fourth-order valence-electron chi connectivity index (χ4n) is 1.97. The van der Waals surface area contributed by atoms with Gasteiger partial charge in [-0.3, -0.25) is 14.4 Å². The van der Waals surface area contributed by atoms with Crippen LogP contribution in [0.25, 0.3) is 4.85 Å². The average Bonchev–Trinajstić information content (AvgIpc) is 2.91. The van der Waals surface area contributed by atoms with Gasteiger partial charge in [0.15, 0.2) is 5.69 Å². The Morgan fingerprint density at radius 1 is 1.23 bits per heavy atom. The second-order valence-corrected chi connectivity index (χ2v) is 4.86. The van der Waals surface area contributed by atoms with E-state index in [1.54, 1.807) is 24.3 Å². The van der Waals surface area contributed by atoms with Crippen LogP contribution in [0.5, 0.6) is 0 Å². The minimum atomic E-state index is -0.328.